The van der Waals surface area contributed by atoms with Crippen molar-refractivity contribution in [2.45, 2.75) is 6.42 Å². The minimum absolute atomic E-state index is 0.650. The van der Waals surface area contributed by atoms with Gasteiger partial charge in [-0.1, -0.05) is 23.7 Å². The Balaban J connectivity index is 1.88. The van der Waals surface area contributed by atoms with Crippen LogP contribution in [0.3, 0.4) is 0 Å². The number of imidazole rings is 1. The summed E-state index contributed by atoms with van der Waals surface area (Å²) in [6.07, 6.45) is 4.05. The lowest BCUT2D eigenvalue weighted by molar-refractivity contribution is 0.536. The second-order valence-electron chi connectivity index (χ2n) is 4.97. The number of fused-ring (bicyclic) bond motifs is 1. The topological polar surface area (TPSA) is 43.9 Å². The van der Waals surface area contributed by atoms with Crippen LogP contribution in [0.2, 0.25) is 5.02 Å². The van der Waals surface area contributed by atoms with Crippen LogP contribution in [0.15, 0.2) is 65.4 Å². The fourth-order valence-corrected chi connectivity index (χ4v) is 2.75. The van der Waals surface area contributed by atoms with E-state index in [9.17, 15) is 0 Å². The standard InChI is InChI=1S/C17H12ClN3O/c18-13-5-1-4-12(10-13)11-15-20-14-6-2-8-19-17(14)21(15)16-7-3-9-22-16/h1-10H,11H2. The first kappa shape index (κ1) is 13.1. The summed E-state index contributed by atoms with van der Waals surface area (Å²) in [5, 5.41) is 0.719. The van der Waals surface area contributed by atoms with Crippen LogP contribution >= 0.6 is 11.6 Å². The van der Waals surface area contributed by atoms with Gasteiger partial charge in [0, 0.05) is 23.7 Å². The Kier molecular flexibility index (Phi) is 3.16. The molecule has 0 saturated carbocycles. The predicted octanol–water partition coefficient (Wildman–Crippen LogP) is 4.26. The predicted molar refractivity (Wildman–Crippen MR) is 85.4 cm³/mol. The van der Waals surface area contributed by atoms with Crippen molar-refractivity contribution >= 4 is 22.8 Å². The quantitative estimate of drug-likeness (QED) is 0.568. The fourth-order valence-electron chi connectivity index (χ4n) is 2.54. The van der Waals surface area contributed by atoms with Crippen molar-refractivity contribution in [2.75, 3.05) is 0 Å². The molecule has 0 aliphatic heterocycles. The maximum atomic E-state index is 6.07. The molecular weight excluding hydrogens is 298 g/mol. The van der Waals surface area contributed by atoms with E-state index < -0.39 is 0 Å². The van der Waals surface area contributed by atoms with Gasteiger partial charge in [0.1, 0.15) is 11.3 Å². The minimum Gasteiger partial charge on any atom is -0.448 e. The van der Waals surface area contributed by atoms with Crippen molar-refractivity contribution in [2.24, 2.45) is 0 Å². The zero-order chi connectivity index (χ0) is 14.9. The molecule has 3 aromatic heterocycles. The molecule has 0 spiro atoms. The maximum absolute atomic E-state index is 6.07. The third kappa shape index (κ3) is 2.27. The number of aromatic nitrogens is 3. The van der Waals surface area contributed by atoms with Crippen LogP contribution in [-0.2, 0) is 6.42 Å². The van der Waals surface area contributed by atoms with E-state index >= 15 is 0 Å². The van der Waals surface area contributed by atoms with Crippen molar-refractivity contribution in [3.8, 4) is 5.88 Å². The molecule has 108 valence electrons. The van der Waals surface area contributed by atoms with E-state index in [4.69, 9.17) is 21.0 Å². The summed E-state index contributed by atoms with van der Waals surface area (Å²) >= 11 is 6.07. The molecule has 4 aromatic rings. The van der Waals surface area contributed by atoms with E-state index in [0.29, 0.717) is 12.3 Å². The first-order valence-corrected chi connectivity index (χ1v) is 7.30. The van der Waals surface area contributed by atoms with Crippen molar-refractivity contribution in [1.82, 2.24) is 14.5 Å². The van der Waals surface area contributed by atoms with E-state index in [1.54, 1.807) is 12.5 Å². The summed E-state index contributed by atoms with van der Waals surface area (Å²) < 4.78 is 7.49. The summed E-state index contributed by atoms with van der Waals surface area (Å²) in [6.45, 7) is 0. The molecule has 0 fully saturated rings. The van der Waals surface area contributed by atoms with E-state index in [2.05, 4.69) is 4.98 Å². The van der Waals surface area contributed by atoms with Gasteiger partial charge >= 0.3 is 0 Å². The average molecular weight is 310 g/mol. The molecule has 3 heterocycles. The monoisotopic (exact) mass is 309 g/mol. The molecule has 1 aromatic carbocycles. The summed E-state index contributed by atoms with van der Waals surface area (Å²) in [6, 6.07) is 15.4. The van der Waals surface area contributed by atoms with Crippen LogP contribution in [-0.4, -0.2) is 14.5 Å². The Morgan fingerprint density at radius 3 is 2.86 bits per heavy atom. The largest absolute Gasteiger partial charge is 0.448 e. The fraction of sp³-hybridized carbons (Fsp3) is 0.0588. The highest BCUT2D eigenvalue weighted by molar-refractivity contribution is 6.30. The van der Waals surface area contributed by atoms with E-state index in [1.807, 2.05) is 53.1 Å². The lowest BCUT2D eigenvalue weighted by Crippen LogP contribution is -2.02. The second kappa shape index (κ2) is 5.31. The highest BCUT2D eigenvalue weighted by Crippen LogP contribution is 2.23. The van der Waals surface area contributed by atoms with Gasteiger partial charge in [-0.3, -0.25) is 0 Å². The summed E-state index contributed by atoms with van der Waals surface area (Å²) in [7, 11) is 0. The van der Waals surface area contributed by atoms with Gasteiger partial charge < -0.3 is 4.42 Å². The lowest BCUT2D eigenvalue weighted by Gasteiger charge is -2.05. The first-order chi connectivity index (χ1) is 10.8. The molecule has 0 radical (unpaired) electrons. The zero-order valence-corrected chi connectivity index (χ0v) is 12.4. The van der Waals surface area contributed by atoms with Crippen LogP contribution < -0.4 is 0 Å². The maximum Gasteiger partial charge on any atom is 0.206 e. The van der Waals surface area contributed by atoms with Gasteiger partial charge in [-0.25, -0.2) is 14.5 Å². The molecule has 0 bridgehead atoms. The van der Waals surface area contributed by atoms with Crippen LogP contribution in [0.25, 0.3) is 17.0 Å². The molecule has 0 N–H and O–H groups in total. The minimum atomic E-state index is 0.650. The zero-order valence-electron chi connectivity index (χ0n) is 11.6. The van der Waals surface area contributed by atoms with E-state index in [1.165, 1.54) is 0 Å². The second-order valence-corrected chi connectivity index (χ2v) is 5.40. The number of benzene rings is 1. The Morgan fingerprint density at radius 1 is 1.09 bits per heavy atom. The summed E-state index contributed by atoms with van der Waals surface area (Å²) in [4.78, 5) is 9.12. The molecule has 0 aliphatic rings. The number of furan rings is 1. The van der Waals surface area contributed by atoms with E-state index in [0.717, 1.165) is 27.6 Å². The average Bonchev–Trinajstić information content (AvgIpc) is 3.13. The van der Waals surface area contributed by atoms with Crippen molar-refractivity contribution in [1.29, 1.82) is 0 Å². The Labute approximate surface area is 132 Å². The normalized spacial score (nSPS) is 11.1. The summed E-state index contributed by atoms with van der Waals surface area (Å²) in [5.41, 5.74) is 2.72. The number of rotatable bonds is 3. The van der Waals surface area contributed by atoms with Crippen LogP contribution in [0.1, 0.15) is 11.4 Å². The van der Waals surface area contributed by atoms with Gasteiger partial charge in [-0.05, 0) is 35.9 Å². The molecule has 22 heavy (non-hydrogen) atoms. The molecule has 0 aliphatic carbocycles. The van der Waals surface area contributed by atoms with Crippen LogP contribution in [0, 0.1) is 0 Å². The summed E-state index contributed by atoms with van der Waals surface area (Å²) in [5.74, 6) is 1.57. The van der Waals surface area contributed by atoms with Gasteiger partial charge in [0.05, 0.1) is 6.26 Å². The van der Waals surface area contributed by atoms with Gasteiger partial charge in [-0.2, -0.15) is 0 Å². The van der Waals surface area contributed by atoms with Gasteiger partial charge in [0.25, 0.3) is 0 Å². The molecule has 0 saturated heterocycles. The first-order valence-electron chi connectivity index (χ1n) is 6.92. The Bertz CT molecular complexity index is 928. The highest BCUT2D eigenvalue weighted by Gasteiger charge is 2.15. The smallest absolute Gasteiger partial charge is 0.206 e. The SMILES string of the molecule is Clc1cccc(Cc2nc3cccnc3n2-c2ccco2)c1. The van der Waals surface area contributed by atoms with Crippen molar-refractivity contribution in [3.63, 3.8) is 0 Å². The lowest BCUT2D eigenvalue weighted by atomic mass is 10.1. The van der Waals surface area contributed by atoms with Gasteiger partial charge in [0.2, 0.25) is 5.88 Å². The van der Waals surface area contributed by atoms with Gasteiger partial charge in [0.15, 0.2) is 5.65 Å². The number of pyridine rings is 1. The Morgan fingerprint density at radius 2 is 2.05 bits per heavy atom. The molecule has 4 nitrogen and oxygen atoms in total. The molecular formula is C17H12ClN3O. The third-order valence-corrected chi connectivity index (χ3v) is 3.70. The van der Waals surface area contributed by atoms with Gasteiger partial charge in [-0.15, -0.1) is 0 Å². The third-order valence-electron chi connectivity index (χ3n) is 3.46. The number of halogens is 1. The molecule has 4 rings (SSSR count). The van der Waals surface area contributed by atoms with Crippen LogP contribution in [0.4, 0.5) is 0 Å². The number of nitrogens with zero attached hydrogens (tertiary/aromatic N) is 3. The molecule has 0 amide bonds. The molecule has 5 heteroatoms. The number of hydrogen-bond donors (Lipinski definition) is 0. The van der Waals surface area contributed by atoms with Crippen LogP contribution in [0.5, 0.6) is 0 Å². The van der Waals surface area contributed by atoms with Crippen molar-refractivity contribution < 1.29 is 4.42 Å². The number of hydrogen-bond acceptors (Lipinski definition) is 3. The highest BCUT2D eigenvalue weighted by atomic mass is 35.5. The molecule has 0 unspecified atom stereocenters. The molecule has 0 atom stereocenters. The van der Waals surface area contributed by atoms with E-state index in [-0.39, 0.29) is 0 Å². The Hall–Kier alpha value is -2.59. The van der Waals surface area contributed by atoms with Crippen molar-refractivity contribution in [3.05, 3.63) is 77.4 Å².